The van der Waals surface area contributed by atoms with Crippen LogP contribution < -0.4 is 15.7 Å². The van der Waals surface area contributed by atoms with Crippen molar-refractivity contribution in [1.29, 1.82) is 0 Å². The van der Waals surface area contributed by atoms with Gasteiger partial charge in [-0.3, -0.25) is 19.7 Å². The number of pyridine rings is 1. The number of nitro benzene ring substituents is 1. The van der Waals surface area contributed by atoms with Crippen LogP contribution in [-0.2, 0) is 6.54 Å². The summed E-state index contributed by atoms with van der Waals surface area (Å²) in [7, 11) is 1.24. The fraction of sp³-hybridized carbons (Fsp3) is 0.0952. The molecule has 0 unspecified atom stereocenters. The van der Waals surface area contributed by atoms with Crippen LogP contribution in [0.3, 0.4) is 0 Å². The van der Waals surface area contributed by atoms with Crippen LogP contribution in [-0.4, -0.2) is 33.8 Å². The fourth-order valence-corrected chi connectivity index (χ4v) is 3.07. The first-order chi connectivity index (χ1) is 15.3. The van der Waals surface area contributed by atoms with Crippen molar-refractivity contribution >= 4 is 29.4 Å². The lowest BCUT2D eigenvalue weighted by atomic mass is 10.2. The lowest BCUT2D eigenvalue weighted by Crippen LogP contribution is -2.30. The maximum Gasteiger partial charge on any atom is 0.276 e. The van der Waals surface area contributed by atoms with Crippen molar-refractivity contribution in [2.24, 2.45) is 5.10 Å². The molecule has 0 saturated heterocycles. The molecule has 0 saturated carbocycles. The summed E-state index contributed by atoms with van der Waals surface area (Å²) in [5, 5.41) is 25.4. The Morgan fingerprint density at radius 1 is 1.31 bits per heavy atom. The highest BCUT2D eigenvalue weighted by atomic mass is 35.5. The van der Waals surface area contributed by atoms with Crippen molar-refractivity contribution in [2.75, 3.05) is 7.11 Å². The van der Waals surface area contributed by atoms with Crippen molar-refractivity contribution in [3.63, 3.8) is 0 Å². The lowest BCUT2D eigenvalue weighted by Gasteiger charge is -2.08. The second-order valence-corrected chi connectivity index (χ2v) is 6.96. The Morgan fingerprint density at radius 3 is 2.78 bits per heavy atom. The number of hydrogen-bond donors (Lipinski definition) is 2. The van der Waals surface area contributed by atoms with E-state index in [-0.39, 0.29) is 34.9 Å². The molecular formula is C21H17ClN4O6. The number of aromatic hydroxyl groups is 1. The number of aromatic nitrogens is 1. The number of nitrogens with zero attached hydrogens (tertiary/aromatic N) is 3. The number of nitro groups is 1. The largest absolute Gasteiger partial charge is 0.504 e. The zero-order valence-corrected chi connectivity index (χ0v) is 17.4. The number of hydrogen-bond acceptors (Lipinski definition) is 7. The summed E-state index contributed by atoms with van der Waals surface area (Å²) in [6, 6.07) is 12.0. The number of methoxy groups -OCH3 is 1. The second-order valence-electron chi connectivity index (χ2n) is 6.53. The third-order valence-electron chi connectivity index (χ3n) is 4.40. The first kappa shape index (κ1) is 22.5. The zero-order chi connectivity index (χ0) is 23.3. The molecular weight excluding hydrogens is 440 g/mol. The van der Waals surface area contributed by atoms with Gasteiger partial charge < -0.3 is 14.4 Å². The number of hydrazone groups is 1. The zero-order valence-electron chi connectivity index (χ0n) is 16.7. The number of halogens is 1. The molecule has 1 aromatic heterocycles. The van der Waals surface area contributed by atoms with Gasteiger partial charge in [0.25, 0.3) is 17.2 Å². The van der Waals surface area contributed by atoms with Crippen molar-refractivity contribution in [2.45, 2.75) is 6.54 Å². The summed E-state index contributed by atoms with van der Waals surface area (Å²) in [5.74, 6) is -1.30. The van der Waals surface area contributed by atoms with Gasteiger partial charge in [0.15, 0.2) is 11.5 Å². The van der Waals surface area contributed by atoms with Crippen molar-refractivity contribution in [1.82, 2.24) is 9.99 Å². The van der Waals surface area contributed by atoms with Crippen LogP contribution in [0.2, 0.25) is 5.02 Å². The fourth-order valence-electron chi connectivity index (χ4n) is 2.86. The Labute approximate surface area is 186 Å². The SMILES string of the molecule is COc1cc([N+](=O)[O-])cc(/C=N\NC(=O)c2cccn(Cc3cccc(Cl)c3)c2=O)c1O. The molecule has 164 valence electrons. The van der Waals surface area contributed by atoms with Crippen LogP contribution in [0.4, 0.5) is 5.69 Å². The van der Waals surface area contributed by atoms with Crippen LogP contribution in [0, 0.1) is 10.1 Å². The molecule has 1 heterocycles. The molecule has 11 heteroatoms. The van der Waals surface area contributed by atoms with E-state index >= 15 is 0 Å². The number of amides is 1. The van der Waals surface area contributed by atoms with E-state index < -0.39 is 16.4 Å². The van der Waals surface area contributed by atoms with E-state index in [1.165, 1.54) is 23.9 Å². The van der Waals surface area contributed by atoms with Gasteiger partial charge in [0.1, 0.15) is 5.56 Å². The monoisotopic (exact) mass is 456 g/mol. The summed E-state index contributed by atoms with van der Waals surface area (Å²) in [4.78, 5) is 35.5. The number of non-ortho nitro benzene ring substituents is 1. The molecule has 1 amide bonds. The molecule has 0 aliphatic heterocycles. The van der Waals surface area contributed by atoms with E-state index in [1.54, 1.807) is 30.3 Å². The van der Waals surface area contributed by atoms with Crippen LogP contribution in [0.15, 0.2) is 64.6 Å². The molecule has 0 atom stereocenters. The Balaban J connectivity index is 1.80. The highest BCUT2D eigenvalue weighted by molar-refractivity contribution is 6.30. The highest BCUT2D eigenvalue weighted by Gasteiger charge is 2.16. The number of carbonyl (C=O) groups is 1. The van der Waals surface area contributed by atoms with Crippen LogP contribution >= 0.6 is 11.6 Å². The molecule has 3 rings (SSSR count). The van der Waals surface area contributed by atoms with Gasteiger partial charge in [-0.05, 0) is 29.8 Å². The number of carbonyl (C=O) groups excluding carboxylic acids is 1. The Hall–Kier alpha value is -4.18. The Bertz CT molecular complexity index is 1270. The van der Waals surface area contributed by atoms with E-state index in [0.717, 1.165) is 23.9 Å². The predicted molar refractivity (Wildman–Crippen MR) is 118 cm³/mol. The summed E-state index contributed by atoms with van der Waals surface area (Å²) in [6.45, 7) is 0.213. The van der Waals surface area contributed by atoms with Crippen LogP contribution in [0.5, 0.6) is 11.5 Å². The lowest BCUT2D eigenvalue weighted by molar-refractivity contribution is -0.385. The van der Waals surface area contributed by atoms with Crippen molar-refractivity contribution in [3.05, 3.63) is 96.9 Å². The summed E-state index contributed by atoms with van der Waals surface area (Å²) >= 11 is 5.97. The molecule has 0 fully saturated rings. The number of phenols is 1. The molecule has 10 nitrogen and oxygen atoms in total. The van der Waals surface area contributed by atoms with E-state index in [9.17, 15) is 24.8 Å². The number of benzene rings is 2. The number of rotatable bonds is 7. The maximum atomic E-state index is 12.7. The van der Waals surface area contributed by atoms with Crippen LogP contribution in [0.1, 0.15) is 21.5 Å². The van der Waals surface area contributed by atoms with Gasteiger partial charge in [-0.2, -0.15) is 5.10 Å². The second kappa shape index (κ2) is 9.75. The molecule has 2 aromatic carbocycles. The summed E-state index contributed by atoms with van der Waals surface area (Å²) in [5.41, 5.74) is 1.87. The minimum absolute atomic E-state index is 0.0530. The average molecular weight is 457 g/mol. The summed E-state index contributed by atoms with van der Waals surface area (Å²) < 4.78 is 6.25. The number of nitrogens with one attached hydrogen (secondary N) is 1. The van der Waals surface area contributed by atoms with E-state index in [1.807, 2.05) is 0 Å². The van der Waals surface area contributed by atoms with E-state index in [0.29, 0.717) is 5.02 Å². The highest BCUT2D eigenvalue weighted by Crippen LogP contribution is 2.33. The molecule has 32 heavy (non-hydrogen) atoms. The molecule has 0 bridgehead atoms. The standard InChI is InChI=1S/C21H17ClN4O6/c1-32-18-10-16(26(30)31)9-14(19(18)27)11-23-24-20(28)17-6-3-7-25(21(17)29)12-13-4-2-5-15(22)8-13/h2-11,27H,12H2,1H3,(H,24,28)/b23-11-. The normalized spacial score (nSPS) is 10.8. The molecule has 3 aromatic rings. The minimum atomic E-state index is -0.788. The number of phenolic OH excluding ortho intramolecular Hbond substituents is 1. The van der Waals surface area contributed by atoms with Gasteiger partial charge >= 0.3 is 0 Å². The average Bonchev–Trinajstić information content (AvgIpc) is 2.76. The summed E-state index contributed by atoms with van der Waals surface area (Å²) in [6.07, 6.45) is 2.55. The van der Waals surface area contributed by atoms with E-state index in [2.05, 4.69) is 10.5 Å². The van der Waals surface area contributed by atoms with Crippen molar-refractivity contribution < 1.29 is 19.6 Å². The van der Waals surface area contributed by atoms with E-state index in [4.69, 9.17) is 16.3 Å². The van der Waals surface area contributed by atoms with Crippen LogP contribution in [0.25, 0.3) is 0 Å². The van der Waals surface area contributed by atoms with Gasteiger partial charge in [0.2, 0.25) is 0 Å². The smallest absolute Gasteiger partial charge is 0.276 e. The first-order valence-corrected chi connectivity index (χ1v) is 9.50. The van der Waals surface area contributed by atoms with Gasteiger partial charge in [0, 0.05) is 22.8 Å². The third-order valence-corrected chi connectivity index (χ3v) is 4.63. The maximum absolute atomic E-state index is 12.7. The predicted octanol–water partition coefficient (Wildman–Crippen LogP) is 2.94. The van der Waals surface area contributed by atoms with Gasteiger partial charge in [-0.25, -0.2) is 5.43 Å². The molecule has 2 N–H and O–H groups in total. The minimum Gasteiger partial charge on any atom is -0.504 e. The van der Waals surface area contributed by atoms with Gasteiger partial charge in [-0.15, -0.1) is 0 Å². The van der Waals surface area contributed by atoms with Crippen molar-refractivity contribution in [3.8, 4) is 11.5 Å². The topological polar surface area (TPSA) is 136 Å². The van der Waals surface area contributed by atoms with Gasteiger partial charge in [0.05, 0.1) is 30.9 Å². The Morgan fingerprint density at radius 2 is 2.09 bits per heavy atom. The molecule has 0 aliphatic rings. The third kappa shape index (κ3) is 5.10. The van der Waals surface area contributed by atoms with Gasteiger partial charge in [-0.1, -0.05) is 23.7 Å². The first-order valence-electron chi connectivity index (χ1n) is 9.13. The number of ether oxygens (including phenoxy) is 1. The Kier molecular flexibility index (Phi) is 6.86. The molecule has 0 spiro atoms. The quantitative estimate of drug-likeness (QED) is 0.318. The molecule has 0 radical (unpaired) electrons. The molecule has 0 aliphatic carbocycles.